The third-order valence-corrected chi connectivity index (χ3v) is 3.43. The van der Waals surface area contributed by atoms with Crippen molar-refractivity contribution in [2.75, 3.05) is 6.61 Å². The maximum Gasteiger partial charge on any atom is 0.123 e. The average molecular weight is 325 g/mol. The number of rotatable bonds is 4. The van der Waals surface area contributed by atoms with Crippen molar-refractivity contribution in [2.24, 2.45) is 0 Å². The number of aliphatic hydroxyl groups is 1. The predicted molar refractivity (Wildman–Crippen MR) is 75.8 cm³/mol. The van der Waals surface area contributed by atoms with Gasteiger partial charge in [0.2, 0.25) is 0 Å². The maximum atomic E-state index is 13.2. The summed E-state index contributed by atoms with van der Waals surface area (Å²) >= 11 is 3.40. The molecule has 0 radical (unpaired) electrons. The molecule has 0 spiro atoms. The maximum absolute atomic E-state index is 13.2. The van der Waals surface area contributed by atoms with Crippen LogP contribution in [0.3, 0.4) is 0 Å². The van der Waals surface area contributed by atoms with Crippen LogP contribution in [0.2, 0.25) is 0 Å². The van der Waals surface area contributed by atoms with Gasteiger partial charge in [-0.15, -0.1) is 0 Å². The van der Waals surface area contributed by atoms with Gasteiger partial charge in [-0.3, -0.25) is 0 Å². The normalized spacial score (nSPS) is 12.2. The molecule has 0 saturated heterocycles. The molecule has 1 N–H and O–H groups in total. The molecule has 4 heteroatoms. The van der Waals surface area contributed by atoms with Crippen molar-refractivity contribution in [3.63, 3.8) is 0 Å². The number of hydrogen-bond donors (Lipinski definition) is 1. The van der Waals surface area contributed by atoms with Crippen LogP contribution in [0.5, 0.6) is 5.75 Å². The van der Waals surface area contributed by atoms with Gasteiger partial charge in [0.15, 0.2) is 0 Å². The van der Waals surface area contributed by atoms with E-state index >= 15 is 0 Å². The monoisotopic (exact) mass is 324 g/mol. The largest absolute Gasteiger partial charge is 0.494 e. The molecule has 0 amide bonds. The highest BCUT2D eigenvalue weighted by atomic mass is 79.9. The highest BCUT2D eigenvalue weighted by Crippen LogP contribution is 2.31. The molecular formula is C15H14BrFO2. The van der Waals surface area contributed by atoms with Gasteiger partial charge < -0.3 is 9.84 Å². The Kier molecular flexibility index (Phi) is 4.56. The van der Waals surface area contributed by atoms with Crippen molar-refractivity contribution in [3.05, 3.63) is 63.9 Å². The second-order valence-corrected chi connectivity index (χ2v) is 4.93. The molecule has 2 nitrogen and oxygen atoms in total. The van der Waals surface area contributed by atoms with E-state index in [4.69, 9.17) is 4.74 Å². The van der Waals surface area contributed by atoms with Gasteiger partial charge in [-0.05, 0) is 42.3 Å². The molecule has 1 atom stereocenters. The van der Waals surface area contributed by atoms with Crippen LogP contribution >= 0.6 is 15.9 Å². The smallest absolute Gasteiger partial charge is 0.123 e. The number of aliphatic hydroxyl groups excluding tert-OH is 1. The van der Waals surface area contributed by atoms with E-state index in [1.54, 1.807) is 30.3 Å². The molecule has 19 heavy (non-hydrogen) atoms. The molecule has 0 saturated carbocycles. The number of halogens is 2. The zero-order valence-electron chi connectivity index (χ0n) is 10.4. The summed E-state index contributed by atoms with van der Waals surface area (Å²) in [7, 11) is 0. The fraction of sp³-hybridized carbons (Fsp3) is 0.200. The number of benzene rings is 2. The second-order valence-electron chi connectivity index (χ2n) is 4.07. The lowest BCUT2D eigenvalue weighted by Gasteiger charge is -2.14. The van der Waals surface area contributed by atoms with Crippen molar-refractivity contribution in [3.8, 4) is 5.75 Å². The summed E-state index contributed by atoms with van der Waals surface area (Å²) < 4.78 is 19.3. The first-order chi connectivity index (χ1) is 9.11. The van der Waals surface area contributed by atoms with Crippen LogP contribution in [0.1, 0.15) is 24.2 Å². The molecular weight excluding hydrogens is 311 g/mol. The van der Waals surface area contributed by atoms with Crippen molar-refractivity contribution in [1.82, 2.24) is 0 Å². The van der Waals surface area contributed by atoms with Crippen LogP contribution in [0.15, 0.2) is 46.9 Å². The molecule has 2 aromatic carbocycles. The van der Waals surface area contributed by atoms with E-state index in [0.29, 0.717) is 17.7 Å². The lowest BCUT2D eigenvalue weighted by atomic mass is 10.0. The predicted octanol–water partition coefficient (Wildman–Crippen LogP) is 4.07. The van der Waals surface area contributed by atoms with E-state index in [1.807, 2.05) is 6.92 Å². The molecule has 2 rings (SSSR count). The van der Waals surface area contributed by atoms with E-state index in [-0.39, 0.29) is 5.82 Å². The molecule has 0 aromatic heterocycles. The Morgan fingerprint density at radius 1 is 1.26 bits per heavy atom. The van der Waals surface area contributed by atoms with Gasteiger partial charge in [-0.25, -0.2) is 4.39 Å². The fourth-order valence-corrected chi connectivity index (χ4v) is 2.42. The topological polar surface area (TPSA) is 29.5 Å². The van der Waals surface area contributed by atoms with E-state index in [1.165, 1.54) is 12.1 Å². The summed E-state index contributed by atoms with van der Waals surface area (Å²) in [5, 5.41) is 10.3. The molecule has 0 bridgehead atoms. The average Bonchev–Trinajstić information content (AvgIpc) is 2.38. The molecule has 100 valence electrons. The molecule has 0 aliphatic carbocycles. The quantitative estimate of drug-likeness (QED) is 0.918. The Labute approximate surface area is 120 Å². The minimum Gasteiger partial charge on any atom is -0.494 e. The first-order valence-corrected chi connectivity index (χ1v) is 6.77. The zero-order chi connectivity index (χ0) is 13.8. The molecule has 0 aliphatic heterocycles. The first-order valence-electron chi connectivity index (χ1n) is 5.97. The second kappa shape index (κ2) is 6.17. The Morgan fingerprint density at radius 2 is 2.05 bits per heavy atom. The van der Waals surface area contributed by atoms with Gasteiger partial charge in [0.1, 0.15) is 17.7 Å². The highest BCUT2D eigenvalue weighted by Gasteiger charge is 2.14. The summed E-state index contributed by atoms with van der Waals surface area (Å²) in [6.45, 7) is 2.49. The molecule has 1 unspecified atom stereocenters. The lowest BCUT2D eigenvalue weighted by Crippen LogP contribution is -2.02. The fourth-order valence-electron chi connectivity index (χ4n) is 1.84. The van der Waals surface area contributed by atoms with Gasteiger partial charge >= 0.3 is 0 Å². The van der Waals surface area contributed by atoms with Crippen molar-refractivity contribution in [1.29, 1.82) is 0 Å². The van der Waals surface area contributed by atoms with Crippen LogP contribution in [0.4, 0.5) is 4.39 Å². The molecule has 2 aromatic rings. The summed E-state index contributed by atoms with van der Waals surface area (Å²) in [6.07, 6.45) is -0.874. The van der Waals surface area contributed by atoms with Crippen LogP contribution in [-0.2, 0) is 0 Å². The SMILES string of the molecule is CCOc1ccc(C(O)c2cccc(F)c2)c(Br)c1. The third kappa shape index (κ3) is 3.33. The standard InChI is InChI=1S/C15H14BrFO2/c1-2-19-12-6-7-13(14(16)9-12)15(18)10-4-3-5-11(17)8-10/h3-9,15,18H,2H2,1H3. The summed E-state index contributed by atoms with van der Waals surface area (Å²) in [4.78, 5) is 0. The van der Waals surface area contributed by atoms with E-state index in [0.717, 1.165) is 10.2 Å². The van der Waals surface area contributed by atoms with Crippen LogP contribution in [0, 0.1) is 5.82 Å². The van der Waals surface area contributed by atoms with Gasteiger partial charge in [-0.2, -0.15) is 0 Å². The van der Waals surface area contributed by atoms with Crippen LogP contribution in [-0.4, -0.2) is 11.7 Å². The molecule has 0 fully saturated rings. The van der Waals surface area contributed by atoms with Gasteiger partial charge in [0.25, 0.3) is 0 Å². The van der Waals surface area contributed by atoms with Crippen LogP contribution in [0.25, 0.3) is 0 Å². The van der Waals surface area contributed by atoms with Crippen molar-refractivity contribution in [2.45, 2.75) is 13.0 Å². The Hall–Kier alpha value is -1.39. The number of ether oxygens (including phenoxy) is 1. The highest BCUT2D eigenvalue weighted by molar-refractivity contribution is 9.10. The van der Waals surface area contributed by atoms with E-state index < -0.39 is 6.10 Å². The van der Waals surface area contributed by atoms with Gasteiger partial charge in [0, 0.05) is 4.47 Å². The lowest BCUT2D eigenvalue weighted by molar-refractivity contribution is 0.219. The third-order valence-electron chi connectivity index (χ3n) is 2.74. The Morgan fingerprint density at radius 3 is 2.68 bits per heavy atom. The Bertz CT molecular complexity index is 572. The molecule has 0 aliphatic rings. The summed E-state index contributed by atoms with van der Waals surface area (Å²) in [6, 6.07) is 11.3. The van der Waals surface area contributed by atoms with E-state index in [2.05, 4.69) is 15.9 Å². The van der Waals surface area contributed by atoms with Crippen LogP contribution < -0.4 is 4.74 Å². The summed E-state index contributed by atoms with van der Waals surface area (Å²) in [5.74, 6) is 0.364. The van der Waals surface area contributed by atoms with Gasteiger partial charge in [-0.1, -0.05) is 34.1 Å². The Balaban J connectivity index is 2.31. The minimum atomic E-state index is -0.874. The van der Waals surface area contributed by atoms with E-state index in [9.17, 15) is 9.50 Å². The first kappa shape index (κ1) is 14.0. The summed E-state index contributed by atoms with van der Waals surface area (Å²) in [5.41, 5.74) is 1.19. The minimum absolute atomic E-state index is 0.362. The zero-order valence-corrected chi connectivity index (χ0v) is 12.0. The number of hydrogen-bond acceptors (Lipinski definition) is 2. The molecule has 0 heterocycles. The van der Waals surface area contributed by atoms with Crippen molar-refractivity contribution < 1.29 is 14.2 Å². The van der Waals surface area contributed by atoms with Gasteiger partial charge in [0.05, 0.1) is 6.61 Å². The van der Waals surface area contributed by atoms with Crippen molar-refractivity contribution >= 4 is 15.9 Å².